The van der Waals surface area contributed by atoms with Gasteiger partial charge in [0.05, 0.1) is 0 Å². The molecule has 23 heavy (non-hydrogen) atoms. The molecule has 1 unspecified atom stereocenters. The minimum Gasteiger partial charge on any atom is -0.454 e. The number of imide groups is 1. The molecule has 0 aromatic heterocycles. The van der Waals surface area contributed by atoms with E-state index < -0.39 is 5.54 Å². The van der Waals surface area contributed by atoms with Crippen molar-refractivity contribution in [3.8, 4) is 11.5 Å². The third-order valence-corrected chi connectivity index (χ3v) is 4.41. The number of hydrogen-bond donors (Lipinski definition) is 2. The first-order chi connectivity index (χ1) is 11.1. The summed E-state index contributed by atoms with van der Waals surface area (Å²) in [5, 5.41) is 2.86. The zero-order chi connectivity index (χ0) is 16.4. The Hall–Kier alpha value is -2.28. The molecule has 0 spiro atoms. The Balaban J connectivity index is 1.89. The maximum atomic E-state index is 12.9. The first-order valence-electron chi connectivity index (χ1n) is 7.86. The monoisotopic (exact) mass is 319 g/mol. The van der Waals surface area contributed by atoms with E-state index in [0.29, 0.717) is 43.0 Å². The summed E-state index contributed by atoms with van der Waals surface area (Å²) in [6.45, 7) is 2.98. The SMILES string of the molecule is CCC1(c2ccc3c(c2)OCO3)NC(=O)N(CCCCN)C1=O. The molecule has 0 saturated carbocycles. The van der Waals surface area contributed by atoms with E-state index in [1.165, 1.54) is 4.90 Å². The number of amides is 3. The molecular weight excluding hydrogens is 298 g/mol. The van der Waals surface area contributed by atoms with Gasteiger partial charge in [0.25, 0.3) is 5.91 Å². The van der Waals surface area contributed by atoms with Crippen LogP contribution >= 0.6 is 0 Å². The zero-order valence-corrected chi connectivity index (χ0v) is 13.1. The highest BCUT2D eigenvalue weighted by Crippen LogP contribution is 2.39. The number of nitrogens with two attached hydrogens (primary N) is 1. The summed E-state index contributed by atoms with van der Waals surface area (Å²) in [6, 6.07) is 4.99. The second-order valence-electron chi connectivity index (χ2n) is 5.71. The Morgan fingerprint density at radius 3 is 2.78 bits per heavy atom. The van der Waals surface area contributed by atoms with Gasteiger partial charge in [0.2, 0.25) is 6.79 Å². The number of fused-ring (bicyclic) bond motifs is 1. The van der Waals surface area contributed by atoms with E-state index in [9.17, 15) is 9.59 Å². The van der Waals surface area contributed by atoms with Gasteiger partial charge >= 0.3 is 6.03 Å². The number of nitrogens with zero attached hydrogens (tertiary/aromatic N) is 1. The van der Waals surface area contributed by atoms with E-state index >= 15 is 0 Å². The van der Waals surface area contributed by atoms with Crippen LogP contribution in [0, 0.1) is 0 Å². The Labute approximate surface area is 134 Å². The molecular formula is C16H21N3O4. The molecule has 0 bridgehead atoms. The highest BCUT2D eigenvalue weighted by atomic mass is 16.7. The lowest BCUT2D eigenvalue weighted by Gasteiger charge is -2.26. The lowest BCUT2D eigenvalue weighted by Crippen LogP contribution is -2.43. The van der Waals surface area contributed by atoms with Crippen LogP contribution in [-0.4, -0.2) is 36.7 Å². The molecule has 3 amide bonds. The molecule has 1 aromatic carbocycles. The number of urea groups is 1. The van der Waals surface area contributed by atoms with Crippen molar-refractivity contribution in [2.75, 3.05) is 19.9 Å². The van der Waals surface area contributed by atoms with Gasteiger partial charge in [-0.1, -0.05) is 13.0 Å². The molecule has 0 radical (unpaired) electrons. The van der Waals surface area contributed by atoms with E-state index in [0.717, 1.165) is 6.42 Å². The number of nitrogens with one attached hydrogen (secondary N) is 1. The molecule has 7 heteroatoms. The fraction of sp³-hybridized carbons (Fsp3) is 0.500. The molecule has 1 saturated heterocycles. The molecule has 2 aliphatic heterocycles. The maximum absolute atomic E-state index is 12.9. The van der Waals surface area contributed by atoms with Crippen molar-refractivity contribution < 1.29 is 19.1 Å². The Bertz CT molecular complexity index is 634. The number of hydrogen-bond acceptors (Lipinski definition) is 5. The van der Waals surface area contributed by atoms with Crippen molar-refractivity contribution in [2.45, 2.75) is 31.7 Å². The van der Waals surface area contributed by atoms with Crippen LogP contribution in [0.3, 0.4) is 0 Å². The van der Waals surface area contributed by atoms with Crippen LogP contribution in [0.2, 0.25) is 0 Å². The number of carbonyl (C=O) groups is 2. The summed E-state index contributed by atoms with van der Waals surface area (Å²) in [5.41, 5.74) is 5.15. The second kappa shape index (κ2) is 6.08. The minimum absolute atomic E-state index is 0.170. The van der Waals surface area contributed by atoms with Crippen LogP contribution in [0.15, 0.2) is 18.2 Å². The average Bonchev–Trinajstić information content (AvgIpc) is 3.12. The second-order valence-corrected chi connectivity index (χ2v) is 5.71. The van der Waals surface area contributed by atoms with Crippen molar-refractivity contribution in [3.63, 3.8) is 0 Å². The quantitative estimate of drug-likeness (QED) is 0.609. The number of unbranched alkanes of at least 4 members (excludes halogenated alkanes) is 1. The lowest BCUT2D eigenvalue weighted by molar-refractivity contribution is -0.131. The fourth-order valence-corrected chi connectivity index (χ4v) is 3.04. The van der Waals surface area contributed by atoms with Crippen LogP contribution in [0.5, 0.6) is 11.5 Å². The minimum atomic E-state index is -1.04. The molecule has 2 heterocycles. The van der Waals surface area contributed by atoms with Crippen molar-refractivity contribution in [1.29, 1.82) is 0 Å². The first kappa shape index (κ1) is 15.6. The number of benzene rings is 1. The van der Waals surface area contributed by atoms with Crippen LogP contribution in [0.1, 0.15) is 31.7 Å². The van der Waals surface area contributed by atoms with Crippen molar-refractivity contribution in [2.24, 2.45) is 5.73 Å². The van der Waals surface area contributed by atoms with E-state index in [1.54, 1.807) is 18.2 Å². The van der Waals surface area contributed by atoms with Gasteiger partial charge in [0.1, 0.15) is 5.54 Å². The Morgan fingerprint density at radius 1 is 1.26 bits per heavy atom. The Kier molecular flexibility index (Phi) is 4.12. The maximum Gasteiger partial charge on any atom is 0.325 e. The smallest absolute Gasteiger partial charge is 0.325 e. The zero-order valence-electron chi connectivity index (χ0n) is 13.1. The van der Waals surface area contributed by atoms with Crippen molar-refractivity contribution >= 4 is 11.9 Å². The van der Waals surface area contributed by atoms with Crippen LogP contribution < -0.4 is 20.5 Å². The predicted molar refractivity (Wildman–Crippen MR) is 83.1 cm³/mol. The average molecular weight is 319 g/mol. The van der Waals surface area contributed by atoms with E-state index in [-0.39, 0.29) is 18.7 Å². The molecule has 1 atom stereocenters. The van der Waals surface area contributed by atoms with Crippen molar-refractivity contribution in [3.05, 3.63) is 23.8 Å². The summed E-state index contributed by atoms with van der Waals surface area (Å²) in [7, 11) is 0. The topological polar surface area (TPSA) is 93.9 Å². The number of carbonyl (C=O) groups excluding carboxylic acids is 2. The highest BCUT2D eigenvalue weighted by Gasteiger charge is 2.51. The largest absolute Gasteiger partial charge is 0.454 e. The van der Waals surface area contributed by atoms with Crippen LogP contribution in [0.4, 0.5) is 4.79 Å². The summed E-state index contributed by atoms with van der Waals surface area (Å²) in [6.07, 6.45) is 1.95. The normalized spacial score (nSPS) is 22.6. The Morgan fingerprint density at radius 2 is 2.04 bits per heavy atom. The summed E-state index contributed by atoms with van der Waals surface area (Å²) < 4.78 is 10.7. The molecule has 2 aliphatic rings. The van der Waals surface area contributed by atoms with E-state index in [1.807, 2.05) is 6.92 Å². The molecule has 124 valence electrons. The fourth-order valence-electron chi connectivity index (χ4n) is 3.04. The highest BCUT2D eigenvalue weighted by molar-refractivity contribution is 6.07. The first-order valence-corrected chi connectivity index (χ1v) is 7.86. The number of rotatable bonds is 6. The molecule has 7 nitrogen and oxygen atoms in total. The third kappa shape index (κ3) is 2.50. The van der Waals surface area contributed by atoms with E-state index in [2.05, 4.69) is 5.32 Å². The lowest BCUT2D eigenvalue weighted by atomic mass is 9.87. The van der Waals surface area contributed by atoms with Gasteiger partial charge in [-0.05, 0) is 43.5 Å². The third-order valence-electron chi connectivity index (χ3n) is 4.41. The van der Waals surface area contributed by atoms with Gasteiger partial charge in [-0.3, -0.25) is 9.69 Å². The van der Waals surface area contributed by atoms with Crippen LogP contribution in [-0.2, 0) is 10.3 Å². The number of ether oxygens (including phenoxy) is 2. The van der Waals surface area contributed by atoms with Gasteiger partial charge in [-0.15, -0.1) is 0 Å². The van der Waals surface area contributed by atoms with Crippen molar-refractivity contribution in [1.82, 2.24) is 10.2 Å². The van der Waals surface area contributed by atoms with Gasteiger partial charge < -0.3 is 20.5 Å². The molecule has 3 rings (SSSR count). The summed E-state index contributed by atoms with van der Waals surface area (Å²) in [4.78, 5) is 26.5. The van der Waals surface area contributed by atoms with Crippen LogP contribution in [0.25, 0.3) is 0 Å². The molecule has 0 aliphatic carbocycles. The van der Waals surface area contributed by atoms with Gasteiger partial charge in [0, 0.05) is 6.54 Å². The summed E-state index contributed by atoms with van der Waals surface area (Å²) >= 11 is 0. The van der Waals surface area contributed by atoms with E-state index in [4.69, 9.17) is 15.2 Å². The van der Waals surface area contributed by atoms with Gasteiger partial charge in [0.15, 0.2) is 11.5 Å². The predicted octanol–water partition coefficient (Wildman–Crippen LogP) is 1.31. The summed E-state index contributed by atoms with van der Waals surface area (Å²) in [5.74, 6) is 1.02. The standard InChI is InChI=1S/C16H21N3O4/c1-2-16(11-5-6-12-13(9-11)23-10-22-12)14(20)19(15(21)18-16)8-4-3-7-17/h5-6,9H,2-4,7-8,10,17H2,1H3,(H,18,21). The molecule has 3 N–H and O–H groups in total. The van der Waals surface area contributed by atoms with Gasteiger partial charge in [-0.25, -0.2) is 4.79 Å². The molecule has 1 aromatic rings. The van der Waals surface area contributed by atoms with Gasteiger partial charge in [-0.2, -0.15) is 0 Å². The molecule has 1 fully saturated rings.